The Labute approximate surface area is 236 Å². The van der Waals surface area contributed by atoms with Crippen molar-refractivity contribution in [2.45, 2.75) is 66.2 Å². The van der Waals surface area contributed by atoms with Crippen molar-refractivity contribution in [1.82, 2.24) is 15.0 Å². The highest BCUT2D eigenvalue weighted by Gasteiger charge is 2.21. The minimum Gasteiger partial charge on any atom is -0.507 e. The summed E-state index contributed by atoms with van der Waals surface area (Å²) in [5.41, 5.74) is 10.9. The first-order valence-electron chi connectivity index (χ1n) is 13.9. The number of phenols is 1. The molecule has 2 aromatic carbocycles. The molecule has 1 unspecified atom stereocenters. The Morgan fingerprint density at radius 2 is 1.82 bits per heavy atom. The Hall–Kier alpha value is -4.20. The lowest BCUT2D eigenvalue weighted by Crippen LogP contribution is -2.19. The normalized spacial score (nSPS) is 13.8. The number of phenolic OH excluding ortho intramolecular Hbond substituents is 1. The molecular formula is C32H38N4O4. The number of nitrogens with zero attached hydrogens (tertiary/aromatic N) is 3. The number of esters is 1. The second-order valence-corrected chi connectivity index (χ2v) is 10.1. The van der Waals surface area contributed by atoms with Crippen LogP contribution in [0.4, 0.5) is 5.69 Å². The van der Waals surface area contributed by atoms with Gasteiger partial charge in [0.1, 0.15) is 11.5 Å². The third kappa shape index (κ3) is 6.68. The van der Waals surface area contributed by atoms with Crippen LogP contribution in [0.1, 0.15) is 70.7 Å². The molecule has 0 saturated carbocycles. The summed E-state index contributed by atoms with van der Waals surface area (Å²) in [4.78, 5) is 26.7. The van der Waals surface area contributed by atoms with E-state index in [0.29, 0.717) is 18.1 Å². The van der Waals surface area contributed by atoms with Crippen molar-refractivity contribution in [3.63, 3.8) is 0 Å². The second-order valence-electron chi connectivity index (χ2n) is 10.1. The predicted molar refractivity (Wildman–Crippen MR) is 157 cm³/mol. The maximum absolute atomic E-state index is 12.4. The molecule has 0 radical (unpaired) electrons. The molecular weight excluding hydrogens is 504 g/mol. The summed E-state index contributed by atoms with van der Waals surface area (Å²) in [6, 6.07) is 10.9. The molecule has 210 valence electrons. The summed E-state index contributed by atoms with van der Waals surface area (Å²) in [5, 5.41) is 11.0. The van der Waals surface area contributed by atoms with Crippen LogP contribution < -0.4 is 10.5 Å². The highest BCUT2D eigenvalue weighted by molar-refractivity contribution is 5.82. The maximum Gasteiger partial charge on any atom is 0.311 e. The number of unbranched alkanes of at least 4 members (excludes halogenated alkanes) is 1. The highest BCUT2D eigenvalue weighted by atomic mass is 16.7. The van der Waals surface area contributed by atoms with Crippen LogP contribution in [0.5, 0.6) is 11.5 Å². The van der Waals surface area contributed by atoms with Gasteiger partial charge >= 0.3 is 5.97 Å². The number of carbonyl (C=O) groups is 1. The van der Waals surface area contributed by atoms with Crippen molar-refractivity contribution in [2.75, 3.05) is 12.5 Å². The molecule has 0 fully saturated rings. The summed E-state index contributed by atoms with van der Waals surface area (Å²) in [6.45, 7) is 7.87. The van der Waals surface area contributed by atoms with Crippen molar-refractivity contribution in [3.05, 3.63) is 65.5 Å². The minimum atomic E-state index is -0.285. The van der Waals surface area contributed by atoms with Gasteiger partial charge in [-0.15, -0.1) is 0 Å². The molecule has 0 bridgehead atoms. The van der Waals surface area contributed by atoms with Crippen molar-refractivity contribution >= 4 is 17.2 Å². The number of ether oxygens (including phenoxy) is 2. The van der Waals surface area contributed by atoms with Crippen LogP contribution in [0, 0.1) is 12.8 Å². The first kappa shape index (κ1) is 28.8. The average Bonchev–Trinajstić information content (AvgIpc) is 2.93. The predicted octanol–water partition coefficient (Wildman–Crippen LogP) is 7.02. The molecule has 3 aromatic rings. The van der Waals surface area contributed by atoms with Gasteiger partial charge in [0.15, 0.2) is 17.5 Å². The molecule has 1 heterocycles. The number of hydrogen-bond donors (Lipinski definition) is 2. The van der Waals surface area contributed by atoms with E-state index in [1.165, 1.54) is 11.6 Å². The Kier molecular flexibility index (Phi) is 9.53. The largest absolute Gasteiger partial charge is 0.507 e. The van der Waals surface area contributed by atoms with Gasteiger partial charge in [0.2, 0.25) is 6.79 Å². The zero-order valence-electron chi connectivity index (χ0n) is 23.7. The van der Waals surface area contributed by atoms with Gasteiger partial charge in [0, 0.05) is 23.3 Å². The molecule has 1 aliphatic rings. The van der Waals surface area contributed by atoms with E-state index in [-0.39, 0.29) is 47.3 Å². The molecule has 8 nitrogen and oxygen atoms in total. The van der Waals surface area contributed by atoms with E-state index in [2.05, 4.69) is 19.9 Å². The first-order chi connectivity index (χ1) is 19.3. The summed E-state index contributed by atoms with van der Waals surface area (Å²) in [7, 11) is 0. The fraction of sp³-hybridized carbons (Fsp3) is 0.375. The number of hydrogen-bond acceptors (Lipinski definition) is 8. The van der Waals surface area contributed by atoms with Gasteiger partial charge in [-0.2, -0.15) is 0 Å². The number of benzene rings is 2. The second kappa shape index (κ2) is 13.2. The van der Waals surface area contributed by atoms with E-state index in [1.54, 1.807) is 6.07 Å². The topological polar surface area (TPSA) is 120 Å². The van der Waals surface area contributed by atoms with E-state index >= 15 is 0 Å². The standard InChI is InChI=1S/C32H38N4O4/c1-5-7-14-22(6-2)32(38)40-19-39-23-17-26(33)28(27(37)18-23)31-35-29(24-15-10-8-12-20(24)3)34-30(36-31)25-16-11-9-13-21(25)4/h8,10-12,15-18,22,37H,5-7,9,13-14,19,33H2,1-4H3. The Bertz CT molecular complexity index is 1410. The lowest BCUT2D eigenvalue weighted by atomic mass is 9.98. The number of carbonyl (C=O) groups excluding carboxylic acids is 1. The SMILES string of the molecule is CCCCC(CC)C(=O)OCOc1cc(N)c(-c2nc(C3=C(C)CCC=C3)nc(-c3ccccc3C)n2)c(O)c1. The number of aromatic hydroxyl groups is 1. The molecule has 4 rings (SSSR count). The lowest BCUT2D eigenvalue weighted by molar-refractivity contribution is -0.155. The highest BCUT2D eigenvalue weighted by Crippen LogP contribution is 2.38. The quantitative estimate of drug-likeness (QED) is 0.151. The average molecular weight is 543 g/mol. The number of rotatable bonds is 11. The summed E-state index contributed by atoms with van der Waals surface area (Å²) in [5.74, 6) is 0.976. The van der Waals surface area contributed by atoms with E-state index in [0.717, 1.165) is 48.8 Å². The van der Waals surface area contributed by atoms with Crippen LogP contribution in [0.2, 0.25) is 0 Å². The fourth-order valence-electron chi connectivity index (χ4n) is 4.76. The number of aromatic nitrogens is 3. The maximum atomic E-state index is 12.4. The van der Waals surface area contributed by atoms with Gasteiger partial charge in [-0.25, -0.2) is 15.0 Å². The molecule has 1 atom stereocenters. The van der Waals surface area contributed by atoms with Crippen LogP contribution in [-0.2, 0) is 9.53 Å². The molecule has 1 aromatic heterocycles. The first-order valence-corrected chi connectivity index (χ1v) is 13.9. The lowest BCUT2D eigenvalue weighted by Gasteiger charge is -2.16. The van der Waals surface area contributed by atoms with Crippen LogP contribution in [0.15, 0.2) is 54.1 Å². The zero-order valence-corrected chi connectivity index (χ0v) is 23.7. The van der Waals surface area contributed by atoms with E-state index in [4.69, 9.17) is 30.2 Å². The van der Waals surface area contributed by atoms with Gasteiger partial charge in [-0.3, -0.25) is 4.79 Å². The molecule has 3 N–H and O–H groups in total. The van der Waals surface area contributed by atoms with Crippen molar-refractivity contribution < 1.29 is 19.4 Å². The van der Waals surface area contributed by atoms with Gasteiger partial charge in [0.05, 0.1) is 17.2 Å². The minimum absolute atomic E-state index is 0.145. The van der Waals surface area contributed by atoms with Crippen molar-refractivity contribution in [2.24, 2.45) is 5.92 Å². The molecule has 0 aliphatic heterocycles. The smallest absolute Gasteiger partial charge is 0.311 e. The number of aryl methyl sites for hydroxylation is 1. The number of allylic oxidation sites excluding steroid dienone is 4. The number of nitrogens with two attached hydrogens (primary N) is 1. The number of nitrogen functional groups attached to an aromatic ring is 1. The Morgan fingerprint density at radius 1 is 1.07 bits per heavy atom. The fourth-order valence-corrected chi connectivity index (χ4v) is 4.76. The van der Waals surface area contributed by atoms with E-state index in [1.807, 2.05) is 44.2 Å². The van der Waals surface area contributed by atoms with E-state index in [9.17, 15) is 9.90 Å². The van der Waals surface area contributed by atoms with Gasteiger partial charge < -0.3 is 20.3 Å². The summed E-state index contributed by atoms with van der Waals surface area (Å²) in [6.07, 6.45) is 9.54. The van der Waals surface area contributed by atoms with Crippen LogP contribution in [0.25, 0.3) is 28.3 Å². The van der Waals surface area contributed by atoms with Crippen LogP contribution in [0.3, 0.4) is 0 Å². The van der Waals surface area contributed by atoms with Crippen LogP contribution >= 0.6 is 0 Å². The third-order valence-electron chi connectivity index (χ3n) is 7.20. The monoisotopic (exact) mass is 542 g/mol. The van der Waals surface area contributed by atoms with Crippen molar-refractivity contribution in [1.29, 1.82) is 0 Å². The molecule has 8 heteroatoms. The van der Waals surface area contributed by atoms with Crippen molar-refractivity contribution in [3.8, 4) is 34.3 Å². The van der Waals surface area contributed by atoms with Crippen LogP contribution in [-0.4, -0.2) is 32.8 Å². The number of anilines is 1. The van der Waals surface area contributed by atoms with E-state index < -0.39 is 0 Å². The summed E-state index contributed by atoms with van der Waals surface area (Å²) < 4.78 is 10.9. The zero-order chi connectivity index (χ0) is 28.6. The van der Waals surface area contributed by atoms with Gasteiger partial charge in [-0.1, -0.05) is 68.7 Å². The van der Waals surface area contributed by atoms with Gasteiger partial charge in [0.25, 0.3) is 0 Å². The molecule has 0 spiro atoms. The Balaban J connectivity index is 1.64. The molecule has 0 amide bonds. The molecule has 0 saturated heterocycles. The van der Waals surface area contributed by atoms with Gasteiger partial charge in [-0.05, 0) is 45.1 Å². The summed E-state index contributed by atoms with van der Waals surface area (Å²) >= 11 is 0. The molecule has 1 aliphatic carbocycles. The Morgan fingerprint density at radius 3 is 2.52 bits per heavy atom. The molecule has 40 heavy (non-hydrogen) atoms. The third-order valence-corrected chi connectivity index (χ3v) is 7.20.